The van der Waals surface area contributed by atoms with Crippen molar-refractivity contribution < 1.29 is 22.7 Å². The molecule has 0 heterocycles. The van der Waals surface area contributed by atoms with E-state index >= 15 is 0 Å². The first-order valence-electron chi connectivity index (χ1n) is 15.3. The minimum Gasteiger partial charge on any atom is -0.457 e. The smallest absolute Gasteiger partial charge is 0.264 e. The van der Waals surface area contributed by atoms with Crippen LogP contribution in [0.3, 0.4) is 0 Å². The lowest BCUT2D eigenvalue weighted by Crippen LogP contribution is -2.54. The van der Waals surface area contributed by atoms with E-state index in [4.69, 9.17) is 4.74 Å². The van der Waals surface area contributed by atoms with Gasteiger partial charge in [-0.05, 0) is 80.3 Å². The van der Waals surface area contributed by atoms with Gasteiger partial charge in [0.2, 0.25) is 11.8 Å². The Morgan fingerprint density at radius 2 is 1.31 bits per heavy atom. The lowest BCUT2D eigenvalue weighted by Gasteiger charge is -2.33. The second-order valence-electron chi connectivity index (χ2n) is 10.8. The van der Waals surface area contributed by atoms with E-state index in [1.54, 1.807) is 42.5 Å². The molecule has 0 fully saturated rings. The quantitative estimate of drug-likeness (QED) is 0.164. The third-order valence-electron chi connectivity index (χ3n) is 7.58. The summed E-state index contributed by atoms with van der Waals surface area (Å²) >= 11 is 0. The van der Waals surface area contributed by atoms with Crippen LogP contribution in [0.4, 0.5) is 5.69 Å². The van der Waals surface area contributed by atoms with Crippen LogP contribution in [-0.4, -0.2) is 50.3 Å². The summed E-state index contributed by atoms with van der Waals surface area (Å²) in [4.78, 5) is 29.2. The van der Waals surface area contributed by atoms with Gasteiger partial charge < -0.3 is 15.0 Å². The van der Waals surface area contributed by atoms with Gasteiger partial charge in [-0.2, -0.15) is 0 Å². The Labute approximate surface area is 266 Å². The van der Waals surface area contributed by atoms with Crippen LogP contribution in [0.1, 0.15) is 39.2 Å². The Hall–Kier alpha value is -4.63. The average molecular weight is 628 g/mol. The third-order valence-corrected chi connectivity index (χ3v) is 9.37. The molecular formula is C36H41N3O5S. The molecule has 0 saturated heterocycles. The van der Waals surface area contributed by atoms with Crippen molar-refractivity contribution >= 4 is 27.5 Å². The van der Waals surface area contributed by atoms with Gasteiger partial charge in [0.1, 0.15) is 24.1 Å². The van der Waals surface area contributed by atoms with Crippen LogP contribution in [0.2, 0.25) is 0 Å². The van der Waals surface area contributed by atoms with Gasteiger partial charge >= 0.3 is 0 Å². The maximum Gasteiger partial charge on any atom is 0.264 e. The summed E-state index contributed by atoms with van der Waals surface area (Å²) in [6, 6.07) is 32.7. The van der Waals surface area contributed by atoms with Gasteiger partial charge in [-0.3, -0.25) is 13.9 Å². The number of hydrogen-bond acceptors (Lipinski definition) is 5. The zero-order valence-electron chi connectivity index (χ0n) is 26.0. The van der Waals surface area contributed by atoms with E-state index in [9.17, 15) is 18.0 Å². The van der Waals surface area contributed by atoms with E-state index in [1.165, 1.54) is 17.0 Å². The lowest BCUT2D eigenvalue weighted by atomic mass is 10.1. The van der Waals surface area contributed by atoms with E-state index in [1.807, 2.05) is 81.4 Å². The van der Waals surface area contributed by atoms with Crippen molar-refractivity contribution in [1.82, 2.24) is 10.2 Å². The summed E-state index contributed by atoms with van der Waals surface area (Å²) in [6.07, 6.45) is 1.63. The van der Waals surface area contributed by atoms with Crippen molar-refractivity contribution in [1.29, 1.82) is 0 Å². The summed E-state index contributed by atoms with van der Waals surface area (Å²) < 4.78 is 35.1. The molecule has 0 spiro atoms. The van der Waals surface area contributed by atoms with Gasteiger partial charge in [-0.15, -0.1) is 0 Å². The van der Waals surface area contributed by atoms with E-state index in [0.717, 1.165) is 16.3 Å². The highest BCUT2D eigenvalue weighted by Gasteiger charge is 2.33. The SMILES string of the molecule is CCC(C)NC(=O)C(CC)N(CCc1ccccc1)C(=O)CN(c1ccc(Oc2ccccc2)cc1)S(=O)(=O)c1ccccc1. The van der Waals surface area contributed by atoms with E-state index < -0.39 is 28.5 Å². The molecule has 45 heavy (non-hydrogen) atoms. The number of anilines is 1. The molecule has 1 N–H and O–H groups in total. The summed E-state index contributed by atoms with van der Waals surface area (Å²) in [6.45, 7) is 5.51. The van der Waals surface area contributed by atoms with Crippen LogP contribution in [0, 0.1) is 0 Å². The van der Waals surface area contributed by atoms with E-state index in [2.05, 4.69) is 5.32 Å². The first kappa shape index (κ1) is 33.3. The molecule has 0 aromatic heterocycles. The number of nitrogens with one attached hydrogen (secondary N) is 1. The zero-order valence-corrected chi connectivity index (χ0v) is 26.8. The number of sulfonamides is 1. The summed E-state index contributed by atoms with van der Waals surface area (Å²) in [5.74, 6) is 0.435. The molecule has 4 aromatic carbocycles. The van der Waals surface area contributed by atoms with Crippen molar-refractivity contribution in [2.75, 3.05) is 17.4 Å². The van der Waals surface area contributed by atoms with E-state index in [-0.39, 0.29) is 23.4 Å². The van der Waals surface area contributed by atoms with Gasteiger partial charge in [-0.1, -0.05) is 80.6 Å². The van der Waals surface area contributed by atoms with Gasteiger partial charge in [-0.25, -0.2) is 8.42 Å². The van der Waals surface area contributed by atoms with Crippen LogP contribution in [0.5, 0.6) is 11.5 Å². The predicted octanol–water partition coefficient (Wildman–Crippen LogP) is 6.44. The standard InChI is InChI=1S/C36H41N3O5S/c1-4-28(3)37-36(41)34(5-2)38(26-25-29-15-9-6-10-16-29)35(40)27-39(45(42,43)33-19-13-8-14-20-33)30-21-23-32(24-22-30)44-31-17-11-7-12-18-31/h6-24,28,34H,4-5,25-27H2,1-3H3,(H,37,41). The lowest BCUT2D eigenvalue weighted by molar-refractivity contribution is -0.139. The minimum absolute atomic E-state index is 0.0554. The molecule has 0 aliphatic heterocycles. The van der Waals surface area contributed by atoms with Gasteiger partial charge in [0.05, 0.1) is 10.6 Å². The number of carbonyl (C=O) groups is 2. The molecule has 4 rings (SSSR count). The number of amides is 2. The molecular weight excluding hydrogens is 586 g/mol. The van der Waals surface area contributed by atoms with Crippen molar-refractivity contribution in [3.63, 3.8) is 0 Å². The second-order valence-corrected chi connectivity index (χ2v) is 12.7. The van der Waals surface area contributed by atoms with Gasteiger partial charge in [0.25, 0.3) is 10.0 Å². The van der Waals surface area contributed by atoms with Crippen LogP contribution in [0.25, 0.3) is 0 Å². The van der Waals surface area contributed by atoms with Crippen molar-refractivity contribution in [2.24, 2.45) is 0 Å². The average Bonchev–Trinajstić information content (AvgIpc) is 3.07. The second kappa shape index (κ2) is 15.9. The van der Waals surface area contributed by atoms with Crippen LogP contribution >= 0.6 is 0 Å². The largest absolute Gasteiger partial charge is 0.457 e. The normalized spacial score (nSPS) is 12.5. The zero-order chi connectivity index (χ0) is 32.2. The highest BCUT2D eigenvalue weighted by atomic mass is 32.2. The Kier molecular flexibility index (Phi) is 11.8. The number of hydrogen-bond donors (Lipinski definition) is 1. The number of carbonyl (C=O) groups excluding carboxylic acids is 2. The topological polar surface area (TPSA) is 96.0 Å². The first-order valence-corrected chi connectivity index (χ1v) is 16.7. The Morgan fingerprint density at radius 3 is 1.89 bits per heavy atom. The number of benzene rings is 4. The van der Waals surface area contributed by atoms with Crippen LogP contribution in [0.15, 0.2) is 120 Å². The summed E-state index contributed by atoms with van der Waals surface area (Å²) in [5.41, 5.74) is 1.31. The Bertz CT molecular complexity index is 1620. The fraction of sp³-hybridized carbons (Fsp3) is 0.278. The van der Waals surface area contributed by atoms with Crippen LogP contribution < -0.4 is 14.4 Å². The van der Waals surface area contributed by atoms with Crippen LogP contribution in [-0.2, 0) is 26.0 Å². The molecule has 0 aliphatic carbocycles. The molecule has 236 valence electrons. The summed E-state index contributed by atoms with van der Waals surface area (Å²) in [7, 11) is -4.15. The van der Waals surface area contributed by atoms with Crippen molar-refractivity contribution in [3.8, 4) is 11.5 Å². The summed E-state index contributed by atoms with van der Waals surface area (Å²) in [5, 5.41) is 3.00. The molecule has 0 saturated carbocycles. The first-order chi connectivity index (χ1) is 21.7. The molecule has 4 aromatic rings. The molecule has 2 atom stereocenters. The van der Waals surface area contributed by atoms with Crippen molar-refractivity contribution in [2.45, 2.75) is 57.0 Å². The predicted molar refractivity (Wildman–Crippen MR) is 178 cm³/mol. The minimum atomic E-state index is -4.15. The molecule has 2 unspecified atom stereocenters. The molecule has 0 bridgehead atoms. The molecule has 8 nitrogen and oxygen atoms in total. The van der Waals surface area contributed by atoms with Gasteiger partial charge in [0.15, 0.2) is 0 Å². The maximum atomic E-state index is 14.2. The molecule has 2 amide bonds. The maximum absolute atomic E-state index is 14.2. The highest BCUT2D eigenvalue weighted by molar-refractivity contribution is 7.92. The molecule has 9 heteroatoms. The molecule has 0 aliphatic rings. The monoisotopic (exact) mass is 627 g/mol. The van der Waals surface area contributed by atoms with E-state index in [0.29, 0.717) is 30.0 Å². The Balaban J connectivity index is 1.68. The van der Waals surface area contributed by atoms with Crippen molar-refractivity contribution in [3.05, 3.63) is 121 Å². The number of nitrogens with zero attached hydrogens (tertiary/aromatic N) is 2. The molecule has 0 radical (unpaired) electrons. The number of ether oxygens (including phenoxy) is 1. The number of para-hydroxylation sites is 1. The third kappa shape index (κ3) is 8.95. The van der Waals surface area contributed by atoms with Gasteiger partial charge in [0, 0.05) is 12.6 Å². The highest BCUT2D eigenvalue weighted by Crippen LogP contribution is 2.28. The Morgan fingerprint density at radius 1 is 0.756 bits per heavy atom. The fourth-order valence-electron chi connectivity index (χ4n) is 4.89. The fourth-order valence-corrected chi connectivity index (χ4v) is 6.33. The number of rotatable bonds is 15.